The molecule has 3 rings (SSSR count). The van der Waals surface area contributed by atoms with Gasteiger partial charge in [-0.3, -0.25) is 9.59 Å². The van der Waals surface area contributed by atoms with Crippen molar-refractivity contribution in [3.63, 3.8) is 0 Å². The number of rotatable bonds is 9. The Morgan fingerprint density at radius 3 is 2.19 bits per heavy atom. The van der Waals surface area contributed by atoms with Crippen LogP contribution in [0.2, 0.25) is 0 Å². The molecule has 0 aromatic heterocycles. The summed E-state index contributed by atoms with van der Waals surface area (Å²) >= 11 is 0. The van der Waals surface area contributed by atoms with E-state index < -0.39 is 17.7 Å². The van der Waals surface area contributed by atoms with E-state index >= 15 is 0 Å². The summed E-state index contributed by atoms with van der Waals surface area (Å²) in [5, 5.41) is 11.1. The van der Waals surface area contributed by atoms with Crippen LogP contribution in [0.15, 0.2) is 54.1 Å². The summed E-state index contributed by atoms with van der Waals surface area (Å²) in [6.07, 6.45) is 1.69. The number of carbonyl (C=O) groups excluding carboxylic acids is 2. The maximum atomic E-state index is 13.0. The number of amides is 1. The van der Waals surface area contributed by atoms with E-state index in [0.29, 0.717) is 30.2 Å². The predicted molar refractivity (Wildman–Crippen MR) is 124 cm³/mol. The number of unbranched alkanes of at least 4 members (excludes halogenated alkanes) is 1. The molecular formula is C26H31NO5. The molecule has 0 saturated carbocycles. The first kappa shape index (κ1) is 23.4. The average molecular weight is 438 g/mol. The van der Waals surface area contributed by atoms with E-state index in [1.54, 1.807) is 29.2 Å². The van der Waals surface area contributed by atoms with Crippen LogP contribution in [0.3, 0.4) is 0 Å². The molecule has 0 radical (unpaired) electrons. The Morgan fingerprint density at radius 1 is 1.00 bits per heavy atom. The second-order valence-electron chi connectivity index (χ2n) is 8.04. The number of hydrogen-bond acceptors (Lipinski definition) is 5. The van der Waals surface area contributed by atoms with Gasteiger partial charge >= 0.3 is 0 Å². The van der Waals surface area contributed by atoms with Crippen LogP contribution in [-0.2, 0) is 9.59 Å². The van der Waals surface area contributed by atoms with E-state index in [1.165, 1.54) is 0 Å². The SMILES string of the molecule is CCCCN1C(=O)C(=O)/C(=C(\O)c2ccc(OCC)cc2)C1c1ccc(OC(C)C)cc1. The number of carbonyl (C=O) groups is 2. The van der Waals surface area contributed by atoms with Gasteiger partial charge in [0.05, 0.1) is 24.3 Å². The summed E-state index contributed by atoms with van der Waals surface area (Å²) < 4.78 is 11.2. The van der Waals surface area contributed by atoms with Crippen molar-refractivity contribution in [1.82, 2.24) is 4.90 Å². The lowest BCUT2D eigenvalue weighted by Gasteiger charge is -2.25. The highest BCUT2D eigenvalue weighted by atomic mass is 16.5. The van der Waals surface area contributed by atoms with E-state index in [4.69, 9.17) is 9.47 Å². The smallest absolute Gasteiger partial charge is 0.295 e. The van der Waals surface area contributed by atoms with Crippen molar-refractivity contribution in [1.29, 1.82) is 0 Å². The first-order chi connectivity index (χ1) is 15.4. The van der Waals surface area contributed by atoms with Crippen LogP contribution in [0.4, 0.5) is 0 Å². The van der Waals surface area contributed by atoms with Crippen LogP contribution in [0, 0.1) is 0 Å². The fourth-order valence-corrected chi connectivity index (χ4v) is 3.82. The minimum Gasteiger partial charge on any atom is -0.507 e. The second-order valence-corrected chi connectivity index (χ2v) is 8.04. The second kappa shape index (κ2) is 10.4. The van der Waals surface area contributed by atoms with E-state index in [1.807, 2.05) is 52.0 Å². The number of likely N-dealkylation sites (tertiary alicyclic amines) is 1. The van der Waals surface area contributed by atoms with Crippen LogP contribution in [0.25, 0.3) is 5.76 Å². The lowest BCUT2D eigenvalue weighted by molar-refractivity contribution is -0.139. The Kier molecular flexibility index (Phi) is 7.57. The molecule has 1 unspecified atom stereocenters. The quantitative estimate of drug-likeness (QED) is 0.336. The minimum absolute atomic E-state index is 0.0377. The highest BCUT2D eigenvalue weighted by molar-refractivity contribution is 6.46. The molecule has 2 aromatic carbocycles. The highest BCUT2D eigenvalue weighted by Gasteiger charge is 2.45. The molecule has 170 valence electrons. The van der Waals surface area contributed by atoms with Gasteiger partial charge in [-0.25, -0.2) is 0 Å². The molecule has 6 heteroatoms. The molecule has 6 nitrogen and oxygen atoms in total. The number of aliphatic hydroxyl groups excluding tert-OH is 1. The molecule has 0 aliphatic carbocycles. The van der Waals surface area contributed by atoms with E-state index in [0.717, 1.165) is 18.4 Å². The molecule has 1 N–H and O–H groups in total. The van der Waals surface area contributed by atoms with Crippen LogP contribution in [-0.4, -0.2) is 41.0 Å². The third-order valence-electron chi connectivity index (χ3n) is 5.30. The van der Waals surface area contributed by atoms with Crippen LogP contribution < -0.4 is 9.47 Å². The number of aliphatic hydroxyl groups is 1. The predicted octanol–water partition coefficient (Wildman–Crippen LogP) is 5.09. The number of benzene rings is 2. The third kappa shape index (κ3) is 4.96. The number of hydrogen-bond donors (Lipinski definition) is 1. The van der Waals surface area contributed by atoms with Gasteiger partial charge in [0.15, 0.2) is 0 Å². The Bertz CT molecular complexity index is 976. The van der Waals surface area contributed by atoms with Gasteiger partial charge in [-0.05, 0) is 69.2 Å². The van der Waals surface area contributed by atoms with Gasteiger partial charge in [-0.2, -0.15) is 0 Å². The van der Waals surface area contributed by atoms with Gasteiger partial charge < -0.3 is 19.5 Å². The van der Waals surface area contributed by atoms with E-state index in [9.17, 15) is 14.7 Å². The van der Waals surface area contributed by atoms with Crippen molar-refractivity contribution >= 4 is 17.4 Å². The van der Waals surface area contributed by atoms with Gasteiger partial charge in [-0.15, -0.1) is 0 Å². The number of nitrogens with zero attached hydrogens (tertiary/aromatic N) is 1. The van der Waals surface area contributed by atoms with Gasteiger partial charge in [0.2, 0.25) is 0 Å². The fraction of sp³-hybridized carbons (Fsp3) is 0.385. The molecule has 32 heavy (non-hydrogen) atoms. The zero-order valence-corrected chi connectivity index (χ0v) is 19.1. The van der Waals surface area contributed by atoms with Crippen LogP contribution in [0.5, 0.6) is 11.5 Å². The average Bonchev–Trinajstić information content (AvgIpc) is 3.03. The van der Waals surface area contributed by atoms with Crippen molar-refractivity contribution < 1.29 is 24.2 Å². The summed E-state index contributed by atoms with van der Waals surface area (Å²) in [5.41, 5.74) is 1.32. The van der Waals surface area contributed by atoms with E-state index in [-0.39, 0.29) is 17.4 Å². The molecule has 2 aromatic rings. The molecule has 0 bridgehead atoms. The van der Waals surface area contributed by atoms with Crippen molar-refractivity contribution in [2.75, 3.05) is 13.2 Å². The largest absolute Gasteiger partial charge is 0.507 e. The Hall–Kier alpha value is -3.28. The molecule has 1 aliphatic rings. The van der Waals surface area contributed by atoms with Gasteiger partial charge in [0.25, 0.3) is 11.7 Å². The molecule has 1 heterocycles. The topological polar surface area (TPSA) is 76.1 Å². The van der Waals surface area contributed by atoms with Crippen molar-refractivity contribution in [2.45, 2.75) is 52.7 Å². The van der Waals surface area contributed by atoms with Crippen molar-refractivity contribution in [3.8, 4) is 11.5 Å². The summed E-state index contributed by atoms with van der Waals surface area (Å²) in [7, 11) is 0. The zero-order valence-electron chi connectivity index (χ0n) is 19.1. The summed E-state index contributed by atoms with van der Waals surface area (Å²) in [4.78, 5) is 27.4. The van der Waals surface area contributed by atoms with Crippen molar-refractivity contribution in [2.24, 2.45) is 0 Å². The number of ketones is 1. The standard InChI is InChI=1S/C26H31NO5/c1-5-7-16-27-23(18-8-14-21(15-9-18)32-17(3)4)22(25(29)26(27)30)24(28)19-10-12-20(13-11-19)31-6-2/h8-15,17,23,28H,5-7,16H2,1-4H3/b24-22-. The Balaban J connectivity index is 2.05. The normalized spacial score (nSPS) is 17.8. The molecular weight excluding hydrogens is 406 g/mol. The summed E-state index contributed by atoms with van der Waals surface area (Å²) in [6, 6.07) is 13.5. The maximum absolute atomic E-state index is 13.0. The highest BCUT2D eigenvalue weighted by Crippen LogP contribution is 2.40. The zero-order chi connectivity index (χ0) is 23.3. The minimum atomic E-state index is -0.667. The molecule has 1 saturated heterocycles. The summed E-state index contributed by atoms with van der Waals surface area (Å²) in [6.45, 7) is 8.79. The van der Waals surface area contributed by atoms with Gasteiger partial charge in [0, 0.05) is 12.1 Å². The molecule has 0 spiro atoms. The number of Topliss-reactive ketones (excluding diaryl/α,β-unsaturated/α-hetero) is 1. The molecule has 1 aliphatic heterocycles. The fourth-order valence-electron chi connectivity index (χ4n) is 3.82. The maximum Gasteiger partial charge on any atom is 0.295 e. The van der Waals surface area contributed by atoms with Gasteiger partial charge in [-0.1, -0.05) is 25.5 Å². The molecule has 1 amide bonds. The monoisotopic (exact) mass is 437 g/mol. The Morgan fingerprint density at radius 2 is 1.62 bits per heavy atom. The van der Waals surface area contributed by atoms with Crippen molar-refractivity contribution in [3.05, 3.63) is 65.2 Å². The molecule has 1 atom stereocenters. The third-order valence-corrected chi connectivity index (χ3v) is 5.30. The van der Waals surface area contributed by atoms with Gasteiger partial charge in [0.1, 0.15) is 17.3 Å². The molecule has 1 fully saturated rings. The summed E-state index contributed by atoms with van der Waals surface area (Å²) in [5.74, 6) is -0.0538. The Labute approximate surface area is 189 Å². The lowest BCUT2D eigenvalue weighted by atomic mass is 9.95. The van der Waals surface area contributed by atoms with E-state index in [2.05, 4.69) is 0 Å². The van der Waals surface area contributed by atoms with Crippen LogP contribution >= 0.6 is 0 Å². The first-order valence-electron chi connectivity index (χ1n) is 11.2. The number of ether oxygens (including phenoxy) is 2. The van der Waals surface area contributed by atoms with Crippen LogP contribution in [0.1, 0.15) is 57.7 Å². The lowest BCUT2D eigenvalue weighted by Crippen LogP contribution is -2.30. The first-order valence-corrected chi connectivity index (χ1v) is 11.2.